The Bertz CT molecular complexity index is 393. The Kier molecular flexibility index (Phi) is 7.16. The molecule has 1 aliphatic rings. The van der Waals surface area contributed by atoms with Gasteiger partial charge < -0.3 is 24.3 Å². The Morgan fingerprint density at radius 2 is 1.86 bits per heavy atom. The lowest BCUT2D eigenvalue weighted by Crippen LogP contribution is -2.45. The quantitative estimate of drug-likeness (QED) is 0.403. The first-order chi connectivity index (χ1) is 9.60. The minimum Gasteiger partial charge on any atom is -0.454 e. The van der Waals surface area contributed by atoms with E-state index in [1.807, 2.05) is 0 Å². The van der Waals surface area contributed by atoms with Gasteiger partial charge >= 0.3 is 12.8 Å². The second-order valence-corrected chi connectivity index (χ2v) is 9.62. The summed E-state index contributed by atoms with van der Waals surface area (Å²) in [6, 6.07) is 0. The van der Waals surface area contributed by atoms with E-state index in [0.717, 1.165) is 32.7 Å². The molecule has 0 aromatic carbocycles. The van der Waals surface area contributed by atoms with E-state index in [4.69, 9.17) is 14.5 Å². The van der Waals surface area contributed by atoms with Gasteiger partial charge in [0.15, 0.2) is 0 Å². The van der Waals surface area contributed by atoms with E-state index in [1.165, 1.54) is 0 Å². The van der Waals surface area contributed by atoms with Crippen molar-refractivity contribution in [2.24, 2.45) is 5.41 Å². The van der Waals surface area contributed by atoms with E-state index >= 15 is 0 Å². The lowest BCUT2D eigenvalue weighted by atomic mass is 9.89. The summed E-state index contributed by atoms with van der Waals surface area (Å²) in [7, 11) is 2.09. The number of rotatable bonds is 7. The minimum atomic E-state index is -4.19. The van der Waals surface area contributed by atoms with Crippen LogP contribution in [-0.4, -0.2) is 71.3 Å². The Morgan fingerprint density at radius 3 is 2.38 bits per heavy atom. The van der Waals surface area contributed by atoms with E-state index < -0.39 is 18.2 Å². The predicted octanol–water partition coefficient (Wildman–Crippen LogP) is 0.977. The van der Waals surface area contributed by atoms with Gasteiger partial charge in [0, 0.05) is 37.6 Å². The molecule has 2 N–H and O–H groups in total. The monoisotopic (exact) mass is 340 g/mol. The standard InChI is InChI=1S/C12H25N2O5PS/c1-12(2,11(15)19-10-21-20(16,17)18)4-5-14-8-6-13(3)7-9-14/h4-10H2,1-3H3,(H2,16,17,18). The van der Waals surface area contributed by atoms with E-state index in [2.05, 4.69) is 16.8 Å². The van der Waals surface area contributed by atoms with Crippen LogP contribution in [0.3, 0.4) is 0 Å². The molecule has 0 aromatic rings. The van der Waals surface area contributed by atoms with Crippen LogP contribution < -0.4 is 0 Å². The SMILES string of the molecule is CN1CCN(CCC(C)(C)C(=O)OCSP(=O)(O)O)CC1. The number of ether oxygens (including phenoxy) is 1. The van der Waals surface area contributed by atoms with Crippen LogP contribution in [0.2, 0.25) is 0 Å². The van der Waals surface area contributed by atoms with Crippen molar-refractivity contribution in [3.63, 3.8) is 0 Å². The maximum absolute atomic E-state index is 12.0. The Labute approximate surface area is 129 Å². The number of nitrogens with zero attached hydrogens (tertiary/aromatic N) is 2. The van der Waals surface area contributed by atoms with Crippen molar-refractivity contribution in [2.45, 2.75) is 20.3 Å². The van der Waals surface area contributed by atoms with Crippen LogP contribution in [0.5, 0.6) is 0 Å². The zero-order valence-corrected chi connectivity index (χ0v) is 14.5. The van der Waals surface area contributed by atoms with Gasteiger partial charge in [-0.3, -0.25) is 4.79 Å². The Hall–Kier alpha value is -0.110. The zero-order valence-electron chi connectivity index (χ0n) is 12.8. The molecule has 1 aliphatic heterocycles. The molecule has 0 aromatic heterocycles. The highest BCUT2D eigenvalue weighted by Gasteiger charge is 2.30. The molecule has 1 saturated heterocycles. The summed E-state index contributed by atoms with van der Waals surface area (Å²) in [5, 5.41) is 0. The summed E-state index contributed by atoms with van der Waals surface area (Å²) in [5.41, 5.74) is -0.654. The van der Waals surface area contributed by atoms with Crippen molar-refractivity contribution < 1.29 is 23.9 Å². The number of carbonyl (C=O) groups is 1. The second-order valence-electron chi connectivity index (χ2n) is 5.95. The number of hydrogen-bond donors (Lipinski definition) is 2. The van der Waals surface area contributed by atoms with Crippen molar-refractivity contribution in [1.29, 1.82) is 0 Å². The van der Waals surface area contributed by atoms with Gasteiger partial charge in [0.1, 0.15) is 5.94 Å². The van der Waals surface area contributed by atoms with Crippen LogP contribution in [0.25, 0.3) is 0 Å². The van der Waals surface area contributed by atoms with Crippen LogP contribution in [0.4, 0.5) is 0 Å². The predicted molar refractivity (Wildman–Crippen MR) is 82.9 cm³/mol. The molecule has 21 heavy (non-hydrogen) atoms. The third-order valence-corrected chi connectivity index (χ3v) is 5.50. The highest BCUT2D eigenvalue weighted by atomic mass is 32.7. The molecule has 1 rings (SSSR count). The first kappa shape index (κ1) is 18.9. The number of hydrogen-bond acceptors (Lipinski definition) is 6. The molecule has 0 radical (unpaired) electrons. The van der Waals surface area contributed by atoms with Gasteiger partial charge in [0.05, 0.1) is 5.41 Å². The summed E-state index contributed by atoms with van der Waals surface area (Å²) in [6.45, 7) is 4.28. The van der Waals surface area contributed by atoms with E-state index in [1.54, 1.807) is 13.8 Å². The lowest BCUT2D eigenvalue weighted by molar-refractivity contribution is -0.152. The van der Waals surface area contributed by atoms with Gasteiger partial charge in [-0.05, 0) is 33.9 Å². The summed E-state index contributed by atoms with van der Waals surface area (Å²) < 4.78 is 15.6. The van der Waals surface area contributed by atoms with Gasteiger partial charge in [-0.15, -0.1) is 0 Å². The van der Waals surface area contributed by atoms with Crippen molar-refractivity contribution >= 4 is 24.1 Å². The number of esters is 1. The molecule has 9 heteroatoms. The maximum Gasteiger partial charge on any atom is 0.387 e. The highest BCUT2D eigenvalue weighted by Crippen LogP contribution is 2.50. The van der Waals surface area contributed by atoms with Gasteiger partial charge in [-0.2, -0.15) is 0 Å². The lowest BCUT2D eigenvalue weighted by Gasteiger charge is -2.34. The Morgan fingerprint density at radius 1 is 1.29 bits per heavy atom. The van der Waals surface area contributed by atoms with Crippen LogP contribution in [0.1, 0.15) is 20.3 Å². The van der Waals surface area contributed by atoms with Gasteiger partial charge in [0.25, 0.3) is 0 Å². The molecule has 0 atom stereocenters. The van der Waals surface area contributed by atoms with Crippen LogP contribution in [0.15, 0.2) is 0 Å². The van der Waals surface area contributed by atoms with Crippen LogP contribution >= 0.6 is 18.2 Å². The number of piperazine rings is 1. The number of carbonyl (C=O) groups excluding carboxylic acids is 1. The average molecular weight is 340 g/mol. The van der Waals surface area contributed by atoms with Crippen molar-refractivity contribution in [2.75, 3.05) is 45.7 Å². The second kappa shape index (κ2) is 7.94. The minimum absolute atomic E-state index is 0.318. The molecule has 0 saturated carbocycles. The summed E-state index contributed by atoms with van der Waals surface area (Å²) in [4.78, 5) is 34.0. The fourth-order valence-electron chi connectivity index (χ4n) is 1.96. The molecular formula is C12H25N2O5PS. The summed E-state index contributed by atoms with van der Waals surface area (Å²) in [6.07, 6.45) is 0.663. The normalized spacial score (nSPS) is 18.7. The van der Waals surface area contributed by atoms with E-state index in [-0.39, 0.29) is 5.94 Å². The zero-order chi connectivity index (χ0) is 16.1. The van der Waals surface area contributed by atoms with Crippen molar-refractivity contribution in [3.8, 4) is 0 Å². The third-order valence-electron chi connectivity index (χ3n) is 3.61. The molecule has 1 fully saturated rings. The van der Waals surface area contributed by atoms with Gasteiger partial charge in [-0.25, -0.2) is 4.57 Å². The van der Waals surface area contributed by atoms with E-state index in [9.17, 15) is 9.36 Å². The van der Waals surface area contributed by atoms with Gasteiger partial charge in [-0.1, -0.05) is 0 Å². The first-order valence-corrected chi connectivity index (χ1v) is 10.1. The molecular weight excluding hydrogens is 315 g/mol. The smallest absolute Gasteiger partial charge is 0.387 e. The molecule has 0 aliphatic carbocycles. The van der Waals surface area contributed by atoms with Gasteiger partial charge in [0.2, 0.25) is 0 Å². The molecule has 0 spiro atoms. The molecule has 7 nitrogen and oxygen atoms in total. The van der Waals surface area contributed by atoms with Crippen molar-refractivity contribution in [3.05, 3.63) is 0 Å². The van der Waals surface area contributed by atoms with Crippen LogP contribution in [-0.2, 0) is 14.1 Å². The maximum atomic E-state index is 12.0. The molecule has 0 unspecified atom stereocenters. The van der Waals surface area contributed by atoms with Crippen molar-refractivity contribution in [1.82, 2.24) is 9.80 Å². The fraction of sp³-hybridized carbons (Fsp3) is 0.917. The molecule has 124 valence electrons. The summed E-state index contributed by atoms with van der Waals surface area (Å²) >= 11 is 0.332. The first-order valence-electron chi connectivity index (χ1n) is 6.88. The molecule has 1 heterocycles. The highest BCUT2D eigenvalue weighted by molar-refractivity contribution is 8.54. The van der Waals surface area contributed by atoms with E-state index in [0.29, 0.717) is 17.8 Å². The fourth-order valence-corrected chi connectivity index (χ4v) is 2.82. The number of likely N-dealkylation sites (N-methyl/N-ethyl adjacent to an activating group) is 1. The summed E-state index contributed by atoms with van der Waals surface area (Å²) in [5.74, 6) is -0.737. The molecule has 0 bridgehead atoms. The third kappa shape index (κ3) is 7.63. The topological polar surface area (TPSA) is 90.3 Å². The van der Waals surface area contributed by atoms with Crippen LogP contribution in [0, 0.1) is 5.41 Å². The average Bonchev–Trinajstić information content (AvgIpc) is 2.36. The largest absolute Gasteiger partial charge is 0.454 e. The Balaban J connectivity index is 2.31. The molecule has 0 amide bonds.